The van der Waals surface area contributed by atoms with Crippen molar-refractivity contribution in [3.8, 4) is 11.4 Å². The maximum atomic E-state index is 13.7. The molecule has 6 nitrogen and oxygen atoms in total. The summed E-state index contributed by atoms with van der Waals surface area (Å²) in [4.78, 5) is 32.3. The van der Waals surface area contributed by atoms with Gasteiger partial charge in [-0.1, -0.05) is 11.6 Å². The Morgan fingerprint density at radius 2 is 1.90 bits per heavy atom. The lowest BCUT2D eigenvalue weighted by atomic mass is 10.1. The molecule has 0 aliphatic heterocycles. The lowest BCUT2D eigenvalue weighted by Gasteiger charge is -2.16. The molecule has 0 amide bonds. The first-order chi connectivity index (χ1) is 13.7. The smallest absolute Gasteiger partial charge is 0.277 e. The Hall–Kier alpha value is -3.13. The Balaban J connectivity index is 2.00. The van der Waals surface area contributed by atoms with E-state index in [0.717, 1.165) is 6.20 Å². The topological polar surface area (TPSA) is 74.1 Å². The van der Waals surface area contributed by atoms with Crippen molar-refractivity contribution in [2.45, 2.75) is 27.4 Å². The van der Waals surface area contributed by atoms with Crippen LogP contribution in [0, 0.1) is 25.5 Å². The number of ketones is 1. The molecule has 9 heteroatoms. The van der Waals surface area contributed by atoms with E-state index >= 15 is 0 Å². The molecule has 3 aromatic heterocycles. The summed E-state index contributed by atoms with van der Waals surface area (Å²) < 4.78 is 33.5. The van der Waals surface area contributed by atoms with E-state index in [-0.39, 0.29) is 28.9 Å². The molecule has 150 valence electrons. The van der Waals surface area contributed by atoms with Crippen molar-refractivity contribution >= 4 is 17.4 Å². The number of rotatable bonds is 5. The molecule has 3 rings (SSSR count). The monoisotopic (exact) mass is 419 g/mol. The second-order valence-electron chi connectivity index (χ2n) is 6.36. The molecule has 0 saturated carbocycles. The Morgan fingerprint density at radius 3 is 2.55 bits per heavy atom. The molecule has 0 bridgehead atoms. The van der Waals surface area contributed by atoms with Gasteiger partial charge in [-0.25, -0.2) is 8.78 Å². The van der Waals surface area contributed by atoms with Crippen molar-refractivity contribution in [2.24, 2.45) is 0 Å². The van der Waals surface area contributed by atoms with Crippen LogP contribution in [0.5, 0.6) is 5.75 Å². The van der Waals surface area contributed by atoms with Crippen molar-refractivity contribution in [3.05, 3.63) is 80.2 Å². The molecule has 0 atom stereocenters. The van der Waals surface area contributed by atoms with Gasteiger partial charge in [-0.15, -0.1) is 0 Å². The number of aromatic nitrogens is 3. The molecule has 3 heterocycles. The third-order valence-corrected chi connectivity index (χ3v) is 4.60. The predicted octanol–water partition coefficient (Wildman–Crippen LogP) is 3.96. The fraction of sp³-hybridized carbons (Fsp3) is 0.200. The van der Waals surface area contributed by atoms with E-state index < -0.39 is 17.2 Å². The van der Waals surface area contributed by atoms with E-state index in [2.05, 4.69) is 9.97 Å². The molecule has 0 spiro atoms. The van der Waals surface area contributed by atoms with Crippen LogP contribution >= 0.6 is 11.6 Å². The first-order valence-electron chi connectivity index (χ1n) is 8.52. The first kappa shape index (κ1) is 20.6. The van der Waals surface area contributed by atoms with Gasteiger partial charge in [0.25, 0.3) is 5.56 Å². The quantitative estimate of drug-likeness (QED) is 0.585. The first-order valence-corrected chi connectivity index (χ1v) is 8.89. The minimum Gasteiger partial charge on any atom is -0.485 e. The summed E-state index contributed by atoms with van der Waals surface area (Å²) in [5.41, 5.74) is 1.06. The van der Waals surface area contributed by atoms with Crippen LogP contribution in [0.4, 0.5) is 8.78 Å². The van der Waals surface area contributed by atoms with Crippen molar-refractivity contribution < 1.29 is 18.3 Å². The summed E-state index contributed by atoms with van der Waals surface area (Å²) >= 11 is 6.19. The third-order valence-electron chi connectivity index (χ3n) is 4.26. The Bertz CT molecular complexity index is 1180. The summed E-state index contributed by atoms with van der Waals surface area (Å²) in [6.07, 6.45) is 2.30. The highest BCUT2D eigenvalue weighted by atomic mass is 35.5. The van der Waals surface area contributed by atoms with Gasteiger partial charge in [0.1, 0.15) is 28.9 Å². The molecule has 0 saturated heterocycles. The molecule has 0 fully saturated rings. The Labute approximate surface area is 169 Å². The fourth-order valence-corrected chi connectivity index (χ4v) is 2.92. The molecule has 0 aromatic carbocycles. The van der Waals surface area contributed by atoms with Gasteiger partial charge in [-0.05, 0) is 26.8 Å². The largest absolute Gasteiger partial charge is 0.485 e. The number of ether oxygens (including phenoxy) is 1. The third kappa shape index (κ3) is 4.17. The van der Waals surface area contributed by atoms with Gasteiger partial charge >= 0.3 is 0 Å². The highest BCUT2D eigenvalue weighted by molar-refractivity contribution is 6.31. The van der Waals surface area contributed by atoms with E-state index in [1.54, 1.807) is 19.9 Å². The standard InChI is InChI=1S/C20H16ClF2N3O3/c1-10-4-18(29-9-16-15(23)6-14(22)8-25-16)19(21)20(28)26(10)17-5-13(12(3)27)7-24-11(17)2/h4-8H,9H2,1-3H3. The maximum Gasteiger partial charge on any atom is 0.277 e. The minimum absolute atomic E-state index is 0.0317. The Kier molecular flexibility index (Phi) is 5.74. The van der Waals surface area contributed by atoms with Crippen LogP contribution in [0.1, 0.15) is 34.4 Å². The fourth-order valence-electron chi connectivity index (χ4n) is 2.72. The summed E-state index contributed by atoms with van der Waals surface area (Å²) in [6, 6.07) is 3.76. The number of nitrogens with zero attached hydrogens (tertiary/aromatic N) is 3. The highest BCUT2D eigenvalue weighted by Crippen LogP contribution is 2.25. The molecule has 0 aliphatic carbocycles. The highest BCUT2D eigenvalue weighted by Gasteiger charge is 2.17. The van der Waals surface area contributed by atoms with Crippen molar-refractivity contribution in [2.75, 3.05) is 0 Å². The number of Topliss-reactive ketones (excluding diaryl/α,β-unsaturated/α-hetero) is 1. The van der Waals surface area contributed by atoms with E-state index in [0.29, 0.717) is 28.7 Å². The minimum atomic E-state index is -0.867. The molecular weight excluding hydrogens is 404 g/mol. The predicted molar refractivity (Wildman–Crippen MR) is 103 cm³/mol. The average molecular weight is 420 g/mol. The summed E-state index contributed by atoms with van der Waals surface area (Å²) in [7, 11) is 0. The van der Waals surface area contributed by atoms with Crippen LogP contribution in [0.15, 0.2) is 35.4 Å². The number of hydrogen-bond donors (Lipinski definition) is 0. The average Bonchev–Trinajstić information content (AvgIpc) is 2.66. The lowest BCUT2D eigenvalue weighted by molar-refractivity contribution is 0.101. The summed E-state index contributed by atoms with van der Waals surface area (Å²) in [6.45, 7) is 4.42. The molecule has 29 heavy (non-hydrogen) atoms. The van der Waals surface area contributed by atoms with Gasteiger partial charge in [0, 0.05) is 29.6 Å². The Morgan fingerprint density at radius 1 is 1.17 bits per heavy atom. The van der Waals surface area contributed by atoms with Crippen LogP contribution in [0.25, 0.3) is 5.69 Å². The van der Waals surface area contributed by atoms with E-state index in [1.165, 1.54) is 23.8 Å². The van der Waals surface area contributed by atoms with Crippen LogP contribution in [-0.2, 0) is 6.61 Å². The van der Waals surface area contributed by atoms with Crippen molar-refractivity contribution in [3.63, 3.8) is 0 Å². The van der Waals surface area contributed by atoms with E-state index in [4.69, 9.17) is 16.3 Å². The van der Waals surface area contributed by atoms with Crippen molar-refractivity contribution in [1.82, 2.24) is 14.5 Å². The van der Waals surface area contributed by atoms with Gasteiger partial charge in [-0.2, -0.15) is 0 Å². The van der Waals surface area contributed by atoms with E-state index in [9.17, 15) is 18.4 Å². The molecule has 0 unspecified atom stereocenters. The lowest BCUT2D eigenvalue weighted by Crippen LogP contribution is -2.23. The number of carbonyl (C=O) groups is 1. The normalized spacial score (nSPS) is 10.8. The number of pyridine rings is 3. The van der Waals surface area contributed by atoms with E-state index in [1.807, 2.05) is 0 Å². The van der Waals surface area contributed by atoms with Gasteiger partial charge in [0.05, 0.1) is 17.6 Å². The molecular formula is C20H16ClF2N3O3. The van der Waals surface area contributed by atoms with Crippen LogP contribution in [0.3, 0.4) is 0 Å². The zero-order chi connectivity index (χ0) is 21.3. The van der Waals surface area contributed by atoms with Crippen LogP contribution in [0.2, 0.25) is 5.02 Å². The molecule has 0 aliphatic rings. The van der Waals surface area contributed by atoms with Gasteiger partial charge in [0.2, 0.25) is 0 Å². The number of aryl methyl sites for hydroxylation is 2. The molecule has 3 aromatic rings. The molecule has 0 radical (unpaired) electrons. The van der Waals surface area contributed by atoms with Gasteiger partial charge < -0.3 is 4.74 Å². The molecule has 0 N–H and O–H groups in total. The zero-order valence-electron chi connectivity index (χ0n) is 15.8. The maximum absolute atomic E-state index is 13.7. The summed E-state index contributed by atoms with van der Waals surface area (Å²) in [5, 5.41) is -0.231. The zero-order valence-corrected chi connectivity index (χ0v) is 16.6. The number of hydrogen-bond acceptors (Lipinski definition) is 5. The second-order valence-corrected chi connectivity index (χ2v) is 6.74. The van der Waals surface area contributed by atoms with Crippen molar-refractivity contribution in [1.29, 1.82) is 0 Å². The second kappa shape index (κ2) is 8.08. The van der Waals surface area contributed by atoms with Crippen LogP contribution in [-0.4, -0.2) is 20.3 Å². The summed E-state index contributed by atoms with van der Waals surface area (Å²) in [5.74, 6) is -1.83. The van der Waals surface area contributed by atoms with Gasteiger partial charge in [-0.3, -0.25) is 24.1 Å². The number of halogens is 3. The van der Waals surface area contributed by atoms with Gasteiger partial charge in [0.15, 0.2) is 11.6 Å². The SMILES string of the molecule is CC(=O)c1cnc(C)c(-n2c(C)cc(OCc3ncc(F)cc3F)c(Cl)c2=O)c1. The number of carbonyl (C=O) groups excluding carboxylic acids is 1. The van der Waals surface area contributed by atoms with Crippen LogP contribution < -0.4 is 10.3 Å².